The van der Waals surface area contributed by atoms with E-state index in [1.165, 1.54) is 25.9 Å². The van der Waals surface area contributed by atoms with Gasteiger partial charge in [0.25, 0.3) is 0 Å². The standard InChI is InChI=1S/C14H29N3O/c1-12(2)9-15-10-14(18)11-16-5-7-17(8-6-16)13-3-4-13/h12-15,18H,3-11H2,1-2H3. The number of aliphatic hydroxyl groups excluding tert-OH is 1. The molecule has 0 bridgehead atoms. The molecule has 1 unspecified atom stereocenters. The number of nitrogens with one attached hydrogen (secondary N) is 1. The van der Waals surface area contributed by atoms with Crippen LogP contribution in [-0.2, 0) is 0 Å². The van der Waals surface area contributed by atoms with Crippen LogP contribution in [0.2, 0.25) is 0 Å². The summed E-state index contributed by atoms with van der Waals surface area (Å²) < 4.78 is 0. The van der Waals surface area contributed by atoms with E-state index in [9.17, 15) is 5.11 Å². The molecule has 2 N–H and O–H groups in total. The molecule has 106 valence electrons. The first-order valence-electron chi connectivity index (χ1n) is 7.50. The van der Waals surface area contributed by atoms with Crippen LogP contribution in [0.15, 0.2) is 0 Å². The van der Waals surface area contributed by atoms with Crippen molar-refractivity contribution in [1.82, 2.24) is 15.1 Å². The summed E-state index contributed by atoms with van der Waals surface area (Å²) in [4.78, 5) is 5.01. The molecule has 0 aromatic heterocycles. The molecule has 18 heavy (non-hydrogen) atoms. The third-order valence-electron chi connectivity index (χ3n) is 3.87. The second-order valence-corrected chi connectivity index (χ2v) is 6.27. The van der Waals surface area contributed by atoms with Crippen molar-refractivity contribution in [2.45, 2.75) is 38.8 Å². The van der Waals surface area contributed by atoms with E-state index < -0.39 is 0 Å². The smallest absolute Gasteiger partial charge is 0.0791 e. The Morgan fingerprint density at radius 2 is 1.78 bits per heavy atom. The van der Waals surface area contributed by atoms with Crippen LogP contribution in [0.1, 0.15) is 26.7 Å². The number of hydrogen-bond acceptors (Lipinski definition) is 4. The molecule has 0 radical (unpaired) electrons. The molecule has 0 aromatic rings. The van der Waals surface area contributed by atoms with Gasteiger partial charge < -0.3 is 10.4 Å². The second kappa shape index (κ2) is 6.85. The topological polar surface area (TPSA) is 38.7 Å². The van der Waals surface area contributed by atoms with Crippen molar-refractivity contribution < 1.29 is 5.11 Å². The highest BCUT2D eigenvalue weighted by Gasteiger charge is 2.31. The van der Waals surface area contributed by atoms with Gasteiger partial charge in [-0.1, -0.05) is 13.8 Å². The van der Waals surface area contributed by atoms with Gasteiger partial charge in [-0.2, -0.15) is 0 Å². The molecule has 2 aliphatic rings. The zero-order chi connectivity index (χ0) is 13.0. The van der Waals surface area contributed by atoms with E-state index >= 15 is 0 Å². The lowest BCUT2D eigenvalue weighted by Gasteiger charge is -2.35. The predicted octanol–water partition coefficient (Wildman–Crippen LogP) is 0.373. The number of nitrogens with zero attached hydrogens (tertiary/aromatic N) is 2. The number of rotatable bonds is 7. The lowest BCUT2D eigenvalue weighted by molar-refractivity contribution is 0.0697. The first-order chi connectivity index (χ1) is 8.65. The fraction of sp³-hybridized carbons (Fsp3) is 1.00. The molecule has 1 atom stereocenters. The van der Waals surface area contributed by atoms with Gasteiger partial charge in [-0.25, -0.2) is 0 Å². The van der Waals surface area contributed by atoms with Gasteiger partial charge in [-0.15, -0.1) is 0 Å². The molecule has 4 nitrogen and oxygen atoms in total. The quantitative estimate of drug-likeness (QED) is 0.689. The van der Waals surface area contributed by atoms with Crippen LogP contribution in [0.4, 0.5) is 0 Å². The number of hydrogen-bond donors (Lipinski definition) is 2. The summed E-state index contributed by atoms with van der Waals surface area (Å²) in [5.74, 6) is 0.652. The first kappa shape index (κ1) is 14.3. The molecule has 2 rings (SSSR count). The van der Waals surface area contributed by atoms with Crippen LogP contribution >= 0.6 is 0 Å². The molecular weight excluding hydrogens is 226 g/mol. The number of piperazine rings is 1. The third kappa shape index (κ3) is 4.84. The highest BCUT2D eigenvalue weighted by molar-refractivity contribution is 4.87. The van der Waals surface area contributed by atoms with Crippen LogP contribution in [0, 0.1) is 5.92 Å². The van der Waals surface area contributed by atoms with E-state index in [1.54, 1.807) is 0 Å². The molecule has 0 spiro atoms. The zero-order valence-electron chi connectivity index (χ0n) is 11.9. The van der Waals surface area contributed by atoms with E-state index in [4.69, 9.17) is 0 Å². The Morgan fingerprint density at radius 1 is 1.11 bits per heavy atom. The van der Waals surface area contributed by atoms with Gasteiger partial charge in [0.2, 0.25) is 0 Å². The maximum Gasteiger partial charge on any atom is 0.0791 e. The van der Waals surface area contributed by atoms with Crippen molar-refractivity contribution in [2.24, 2.45) is 5.92 Å². The first-order valence-corrected chi connectivity index (χ1v) is 7.50. The Kier molecular flexibility index (Phi) is 5.42. The van der Waals surface area contributed by atoms with Gasteiger partial charge in [0.1, 0.15) is 0 Å². The normalized spacial score (nSPS) is 24.7. The van der Waals surface area contributed by atoms with Crippen LogP contribution < -0.4 is 5.32 Å². The minimum atomic E-state index is -0.226. The largest absolute Gasteiger partial charge is 0.390 e. The highest BCUT2D eigenvalue weighted by Crippen LogP contribution is 2.27. The lowest BCUT2D eigenvalue weighted by atomic mass is 10.2. The van der Waals surface area contributed by atoms with Crippen molar-refractivity contribution in [3.8, 4) is 0 Å². The molecule has 2 fully saturated rings. The third-order valence-corrected chi connectivity index (χ3v) is 3.87. The van der Waals surface area contributed by atoms with Crippen molar-refractivity contribution >= 4 is 0 Å². The maximum atomic E-state index is 9.98. The summed E-state index contributed by atoms with van der Waals surface area (Å²) >= 11 is 0. The van der Waals surface area contributed by atoms with Crippen LogP contribution in [0.5, 0.6) is 0 Å². The summed E-state index contributed by atoms with van der Waals surface area (Å²) in [6.07, 6.45) is 2.58. The van der Waals surface area contributed by atoms with E-state index in [0.29, 0.717) is 5.92 Å². The molecule has 1 heterocycles. The van der Waals surface area contributed by atoms with Crippen molar-refractivity contribution in [3.05, 3.63) is 0 Å². The van der Waals surface area contributed by atoms with E-state index in [-0.39, 0.29) is 6.10 Å². The summed E-state index contributed by atoms with van der Waals surface area (Å²) in [6, 6.07) is 0.893. The highest BCUT2D eigenvalue weighted by atomic mass is 16.3. The summed E-state index contributed by atoms with van der Waals surface area (Å²) in [5.41, 5.74) is 0. The summed E-state index contributed by atoms with van der Waals surface area (Å²) in [7, 11) is 0. The Morgan fingerprint density at radius 3 is 2.33 bits per heavy atom. The molecule has 4 heteroatoms. The van der Waals surface area contributed by atoms with Crippen LogP contribution in [0.25, 0.3) is 0 Å². The molecule has 1 aliphatic carbocycles. The monoisotopic (exact) mass is 255 g/mol. The number of aliphatic hydroxyl groups is 1. The van der Waals surface area contributed by atoms with Gasteiger partial charge in [0.15, 0.2) is 0 Å². The van der Waals surface area contributed by atoms with Crippen molar-refractivity contribution in [3.63, 3.8) is 0 Å². The molecular formula is C14H29N3O. The van der Waals surface area contributed by atoms with Gasteiger partial charge in [0.05, 0.1) is 6.10 Å². The molecule has 0 amide bonds. The Bertz CT molecular complexity index is 235. The van der Waals surface area contributed by atoms with Gasteiger partial charge in [-0.05, 0) is 25.3 Å². The van der Waals surface area contributed by atoms with Crippen LogP contribution in [-0.4, -0.2) is 72.9 Å². The van der Waals surface area contributed by atoms with Gasteiger partial charge in [0, 0.05) is 45.3 Å². The van der Waals surface area contributed by atoms with Crippen LogP contribution in [0.3, 0.4) is 0 Å². The average molecular weight is 255 g/mol. The SMILES string of the molecule is CC(C)CNCC(O)CN1CCN(C2CC2)CC1. The molecule has 0 aromatic carbocycles. The van der Waals surface area contributed by atoms with Gasteiger partial charge >= 0.3 is 0 Å². The minimum Gasteiger partial charge on any atom is -0.390 e. The zero-order valence-corrected chi connectivity index (χ0v) is 11.9. The summed E-state index contributed by atoms with van der Waals surface area (Å²) in [5, 5.41) is 13.3. The van der Waals surface area contributed by atoms with E-state index in [0.717, 1.165) is 38.8 Å². The fourth-order valence-electron chi connectivity index (χ4n) is 2.65. The maximum absolute atomic E-state index is 9.98. The Hall–Kier alpha value is -0.160. The van der Waals surface area contributed by atoms with Gasteiger partial charge in [-0.3, -0.25) is 9.80 Å². The Balaban J connectivity index is 1.55. The van der Waals surface area contributed by atoms with Crippen molar-refractivity contribution in [2.75, 3.05) is 45.8 Å². The molecule has 1 aliphatic heterocycles. The summed E-state index contributed by atoms with van der Waals surface area (Å²) in [6.45, 7) is 11.5. The van der Waals surface area contributed by atoms with E-state index in [1.807, 2.05) is 0 Å². The lowest BCUT2D eigenvalue weighted by Crippen LogP contribution is -2.50. The molecule has 1 saturated heterocycles. The second-order valence-electron chi connectivity index (χ2n) is 6.27. The minimum absolute atomic E-state index is 0.226. The number of β-amino-alcohol motifs (C(OH)–C–C–N with tert-alkyl or cyclic N) is 1. The average Bonchev–Trinajstić information content (AvgIpc) is 3.13. The predicted molar refractivity (Wildman–Crippen MR) is 74.7 cm³/mol. The Labute approximate surface area is 111 Å². The van der Waals surface area contributed by atoms with E-state index in [2.05, 4.69) is 29.0 Å². The fourth-order valence-corrected chi connectivity index (χ4v) is 2.65. The van der Waals surface area contributed by atoms with Crippen molar-refractivity contribution in [1.29, 1.82) is 0 Å². The molecule has 1 saturated carbocycles.